The number of carbonyl (C=O) groups excluding carboxylic acids is 1. The van der Waals surface area contributed by atoms with Crippen molar-refractivity contribution in [2.24, 2.45) is 0 Å². The fourth-order valence-corrected chi connectivity index (χ4v) is 5.93. The number of nitrogens with zero attached hydrogens (tertiary/aromatic N) is 2. The van der Waals surface area contributed by atoms with Crippen LogP contribution in [0.25, 0.3) is 0 Å². The van der Waals surface area contributed by atoms with E-state index in [1.54, 1.807) is 24.3 Å². The van der Waals surface area contributed by atoms with Crippen molar-refractivity contribution in [1.29, 1.82) is 0 Å². The molecule has 0 bridgehead atoms. The van der Waals surface area contributed by atoms with Gasteiger partial charge in [-0.25, -0.2) is 8.42 Å². The second-order valence-electron chi connectivity index (χ2n) is 6.66. The first-order chi connectivity index (χ1) is 12.5. The molecule has 0 atom stereocenters. The summed E-state index contributed by atoms with van der Waals surface area (Å²) in [5.41, 5.74) is 0.527. The van der Waals surface area contributed by atoms with Gasteiger partial charge in [0.2, 0.25) is 10.0 Å². The maximum absolute atomic E-state index is 12.6. The first-order valence-corrected chi connectivity index (χ1v) is 11.9. The van der Waals surface area contributed by atoms with Gasteiger partial charge >= 0.3 is 0 Å². The minimum Gasteiger partial charge on any atom is -0.358 e. The van der Waals surface area contributed by atoms with Gasteiger partial charge in [-0.15, -0.1) is 0 Å². The second kappa shape index (κ2) is 8.82. The first kappa shape index (κ1) is 19.8. The molecule has 0 N–H and O–H groups in total. The Kier molecular flexibility index (Phi) is 6.71. The molecule has 0 aromatic heterocycles. The zero-order valence-corrected chi connectivity index (χ0v) is 17.2. The Morgan fingerprint density at radius 2 is 1.54 bits per heavy atom. The van der Waals surface area contributed by atoms with Gasteiger partial charge < -0.3 is 4.90 Å². The lowest BCUT2D eigenvalue weighted by Crippen LogP contribution is -2.35. The molecule has 0 amide bonds. The number of ketones is 1. The Morgan fingerprint density at radius 1 is 0.962 bits per heavy atom. The molecule has 0 radical (unpaired) electrons. The number of piperidine rings is 1. The van der Waals surface area contributed by atoms with Crippen molar-refractivity contribution >= 4 is 44.1 Å². The number of hydrogen-bond donors (Lipinski definition) is 0. The Bertz CT molecular complexity index is 750. The average molecular weight is 413 g/mol. The number of benzene rings is 1. The van der Waals surface area contributed by atoms with Crippen molar-refractivity contribution in [1.82, 2.24) is 9.21 Å². The van der Waals surface area contributed by atoms with Crippen molar-refractivity contribution in [2.45, 2.75) is 37.0 Å². The zero-order valence-electron chi connectivity index (χ0n) is 14.7. The van der Waals surface area contributed by atoms with E-state index >= 15 is 0 Å². The van der Waals surface area contributed by atoms with Crippen molar-refractivity contribution in [3.63, 3.8) is 0 Å². The number of sulfonamides is 1. The lowest BCUT2D eigenvalue weighted by atomic mass is 10.1. The van der Waals surface area contributed by atoms with Gasteiger partial charge in [-0.1, -0.05) is 42.5 Å². The van der Waals surface area contributed by atoms with Gasteiger partial charge in [-0.2, -0.15) is 4.31 Å². The molecule has 1 aromatic rings. The summed E-state index contributed by atoms with van der Waals surface area (Å²) in [5.74, 6) is 0.256. The van der Waals surface area contributed by atoms with E-state index in [2.05, 4.69) is 4.90 Å². The molecular weight excluding hydrogens is 388 g/mol. The SMILES string of the molecule is O=C(CSC(=S)N1CCCC1)c1ccc(S(=O)(=O)N2CCCCC2)cc1. The Labute approximate surface area is 165 Å². The van der Waals surface area contributed by atoms with E-state index < -0.39 is 10.0 Å². The van der Waals surface area contributed by atoms with Gasteiger partial charge in [-0.3, -0.25) is 4.79 Å². The fourth-order valence-electron chi connectivity index (χ4n) is 3.27. The number of carbonyl (C=O) groups is 1. The van der Waals surface area contributed by atoms with Gasteiger partial charge in [0.1, 0.15) is 4.32 Å². The van der Waals surface area contributed by atoms with E-state index in [1.165, 1.54) is 16.1 Å². The fraction of sp³-hybridized carbons (Fsp3) is 0.556. The molecule has 0 spiro atoms. The molecule has 142 valence electrons. The molecule has 2 aliphatic rings. The van der Waals surface area contributed by atoms with Crippen LogP contribution in [0.4, 0.5) is 0 Å². The highest BCUT2D eigenvalue weighted by Gasteiger charge is 2.26. The number of hydrogen-bond acceptors (Lipinski definition) is 5. The largest absolute Gasteiger partial charge is 0.358 e. The minimum atomic E-state index is -3.45. The van der Waals surface area contributed by atoms with Gasteiger partial charge in [0.15, 0.2) is 5.78 Å². The van der Waals surface area contributed by atoms with Crippen LogP contribution in [0.15, 0.2) is 29.2 Å². The standard InChI is InChI=1S/C18H24N2O3S3/c21-17(14-25-18(24)19-10-4-5-11-19)15-6-8-16(9-7-15)26(22,23)20-12-2-1-3-13-20/h6-9H,1-5,10-14H2. The molecule has 0 aliphatic carbocycles. The molecule has 0 unspecified atom stereocenters. The van der Waals surface area contributed by atoms with Crippen LogP contribution in [-0.4, -0.2) is 59.7 Å². The van der Waals surface area contributed by atoms with Crippen LogP contribution in [0.5, 0.6) is 0 Å². The van der Waals surface area contributed by atoms with Crippen LogP contribution in [0.2, 0.25) is 0 Å². The van der Waals surface area contributed by atoms with E-state index in [0.29, 0.717) is 18.7 Å². The van der Waals surface area contributed by atoms with Crippen molar-refractivity contribution in [2.75, 3.05) is 31.9 Å². The lowest BCUT2D eigenvalue weighted by molar-refractivity contribution is 0.102. The van der Waals surface area contributed by atoms with Crippen molar-refractivity contribution in [3.8, 4) is 0 Å². The Balaban J connectivity index is 1.59. The molecule has 2 heterocycles. The minimum absolute atomic E-state index is 0.0292. The van der Waals surface area contributed by atoms with E-state index in [4.69, 9.17) is 12.2 Å². The molecule has 5 nitrogen and oxygen atoms in total. The highest BCUT2D eigenvalue weighted by Crippen LogP contribution is 2.22. The summed E-state index contributed by atoms with van der Waals surface area (Å²) in [7, 11) is -3.45. The molecule has 2 saturated heterocycles. The second-order valence-corrected chi connectivity index (χ2v) is 10.2. The van der Waals surface area contributed by atoms with Gasteiger partial charge in [0.05, 0.1) is 10.6 Å². The predicted octanol–water partition coefficient (Wildman–Crippen LogP) is 3.16. The molecule has 1 aromatic carbocycles. The third kappa shape index (κ3) is 4.65. The van der Waals surface area contributed by atoms with E-state index in [1.807, 2.05) is 0 Å². The summed E-state index contributed by atoms with van der Waals surface area (Å²) in [4.78, 5) is 14.8. The van der Waals surface area contributed by atoms with Crippen LogP contribution in [0.3, 0.4) is 0 Å². The predicted molar refractivity (Wildman–Crippen MR) is 109 cm³/mol. The number of likely N-dealkylation sites (tertiary alicyclic amines) is 1. The smallest absolute Gasteiger partial charge is 0.243 e. The lowest BCUT2D eigenvalue weighted by Gasteiger charge is -2.25. The first-order valence-electron chi connectivity index (χ1n) is 9.03. The zero-order chi connectivity index (χ0) is 18.6. The molecule has 2 fully saturated rings. The van der Waals surface area contributed by atoms with Crippen LogP contribution in [-0.2, 0) is 10.0 Å². The average Bonchev–Trinajstić information content (AvgIpc) is 3.21. The van der Waals surface area contributed by atoms with E-state index in [-0.39, 0.29) is 16.4 Å². The van der Waals surface area contributed by atoms with E-state index in [0.717, 1.165) is 49.5 Å². The molecule has 3 rings (SSSR count). The Hall–Kier alpha value is -0.960. The van der Waals surface area contributed by atoms with Crippen LogP contribution >= 0.6 is 24.0 Å². The van der Waals surface area contributed by atoms with Crippen molar-refractivity contribution in [3.05, 3.63) is 29.8 Å². The summed E-state index contributed by atoms with van der Waals surface area (Å²) < 4.78 is 27.6. The van der Waals surface area contributed by atoms with Gasteiger partial charge in [0, 0.05) is 31.7 Å². The highest BCUT2D eigenvalue weighted by molar-refractivity contribution is 8.23. The number of thioether (sulfide) groups is 1. The monoisotopic (exact) mass is 412 g/mol. The molecule has 2 aliphatic heterocycles. The molecule has 8 heteroatoms. The normalized spacial score (nSPS) is 18.8. The van der Waals surface area contributed by atoms with Crippen LogP contribution < -0.4 is 0 Å². The summed E-state index contributed by atoms with van der Waals surface area (Å²) in [5, 5.41) is 0. The molecule has 26 heavy (non-hydrogen) atoms. The van der Waals surface area contributed by atoms with Gasteiger partial charge in [0.25, 0.3) is 0 Å². The highest BCUT2D eigenvalue weighted by atomic mass is 32.2. The Morgan fingerprint density at radius 3 is 2.15 bits per heavy atom. The summed E-state index contributed by atoms with van der Waals surface area (Å²) >= 11 is 6.77. The molecule has 0 saturated carbocycles. The van der Waals surface area contributed by atoms with Gasteiger partial charge in [-0.05, 0) is 37.8 Å². The maximum Gasteiger partial charge on any atom is 0.243 e. The quantitative estimate of drug-likeness (QED) is 0.547. The number of rotatable bonds is 5. The third-order valence-electron chi connectivity index (χ3n) is 4.82. The number of Topliss-reactive ketones (excluding diaryl/α,β-unsaturated/α-hetero) is 1. The summed E-state index contributed by atoms with van der Waals surface area (Å²) in [6.45, 7) is 3.10. The summed E-state index contributed by atoms with van der Waals surface area (Å²) in [6, 6.07) is 6.30. The van der Waals surface area contributed by atoms with Crippen molar-refractivity contribution < 1.29 is 13.2 Å². The topological polar surface area (TPSA) is 57.7 Å². The maximum atomic E-state index is 12.6. The van der Waals surface area contributed by atoms with Crippen LogP contribution in [0, 0.1) is 0 Å². The number of thiocarbonyl (C=S) groups is 1. The van der Waals surface area contributed by atoms with E-state index in [9.17, 15) is 13.2 Å². The van der Waals surface area contributed by atoms with Crippen LogP contribution in [0.1, 0.15) is 42.5 Å². The summed E-state index contributed by atoms with van der Waals surface area (Å²) in [6.07, 6.45) is 5.20. The molecular formula is C18H24N2O3S3. The third-order valence-corrected chi connectivity index (χ3v) is 8.26.